The first-order valence-electron chi connectivity index (χ1n) is 7.13. The molecule has 0 radical (unpaired) electrons. The van der Waals surface area contributed by atoms with Crippen molar-refractivity contribution in [2.45, 2.75) is 45.2 Å². The van der Waals surface area contributed by atoms with Crippen LogP contribution in [0.3, 0.4) is 0 Å². The summed E-state index contributed by atoms with van der Waals surface area (Å²) in [6.07, 6.45) is 9.17. The summed E-state index contributed by atoms with van der Waals surface area (Å²) >= 11 is 1.97. The summed E-state index contributed by atoms with van der Waals surface area (Å²) in [5.41, 5.74) is 2.84. The lowest BCUT2D eigenvalue weighted by Crippen LogP contribution is -2.16. The van der Waals surface area contributed by atoms with Crippen LogP contribution in [-0.2, 0) is 19.4 Å². The third-order valence-corrected chi connectivity index (χ3v) is 5.08. The SMILES string of the molecule is CCCn1cc(C(NC)c2cc3c(s2)CCC3)cn1. The van der Waals surface area contributed by atoms with E-state index in [4.69, 9.17) is 0 Å². The lowest BCUT2D eigenvalue weighted by Gasteiger charge is -2.12. The second kappa shape index (κ2) is 5.47. The Morgan fingerprint density at radius 2 is 2.37 bits per heavy atom. The number of thiophene rings is 1. The molecule has 2 aromatic heterocycles. The van der Waals surface area contributed by atoms with Crippen molar-refractivity contribution in [3.63, 3.8) is 0 Å². The Morgan fingerprint density at radius 3 is 3.11 bits per heavy atom. The summed E-state index contributed by atoms with van der Waals surface area (Å²) in [4.78, 5) is 3.03. The lowest BCUT2D eigenvalue weighted by atomic mass is 10.1. The first-order valence-corrected chi connectivity index (χ1v) is 7.94. The molecule has 0 saturated carbocycles. The van der Waals surface area contributed by atoms with E-state index < -0.39 is 0 Å². The number of aromatic nitrogens is 2. The molecule has 102 valence electrons. The largest absolute Gasteiger partial charge is 0.309 e. The number of nitrogens with zero attached hydrogens (tertiary/aromatic N) is 2. The molecule has 2 heterocycles. The summed E-state index contributed by atoms with van der Waals surface area (Å²) in [5.74, 6) is 0. The maximum atomic E-state index is 4.44. The van der Waals surface area contributed by atoms with Crippen molar-refractivity contribution in [2.24, 2.45) is 0 Å². The molecule has 0 saturated heterocycles. The first kappa shape index (κ1) is 12.9. The molecule has 2 aromatic rings. The van der Waals surface area contributed by atoms with Gasteiger partial charge in [0, 0.05) is 28.1 Å². The van der Waals surface area contributed by atoms with E-state index in [1.54, 1.807) is 10.4 Å². The molecule has 1 atom stereocenters. The highest BCUT2D eigenvalue weighted by atomic mass is 32.1. The predicted octanol–water partition coefficient (Wildman–Crippen LogP) is 3.15. The molecule has 4 heteroatoms. The van der Waals surface area contributed by atoms with Gasteiger partial charge in [-0.3, -0.25) is 4.68 Å². The van der Waals surface area contributed by atoms with Crippen LogP contribution in [-0.4, -0.2) is 16.8 Å². The van der Waals surface area contributed by atoms with Gasteiger partial charge >= 0.3 is 0 Å². The molecule has 0 spiro atoms. The average molecular weight is 275 g/mol. The molecule has 1 aliphatic carbocycles. The van der Waals surface area contributed by atoms with Gasteiger partial charge in [0.2, 0.25) is 0 Å². The molecule has 0 aromatic carbocycles. The second-order valence-electron chi connectivity index (χ2n) is 5.21. The Labute approximate surface area is 118 Å². The zero-order valence-corrected chi connectivity index (χ0v) is 12.5. The summed E-state index contributed by atoms with van der Waals surface area (Å²) in [7, 11) is 2.03. The van der Waals surface area contributed by atoms with Crippen molar-refractivity contribution in [2.75, 3.05) is 7.05 Å². The minimum absolute atomic E-state index is 0.293. The van der Waals surface area contributed by atoms with E-state index in [-0.39, 0.29) is 0 Å². The van der Waals surface area contributed by atoms with Crippen molar-refractivity contribution in [3.05, 3.63) is 39.3 Å². The van der Waals surface area contributed by atoms with Crippen molar-refractivity contribution < 1.29 is 0 Å². The van der Waals surface area contributed by atoms with Crippen LogP contribution < -0.4 is 5.32 Å². The fourth-order valence-corrected chi connectivity index (χ4v) is 4.24. The lowest BCUT2D eigenvalue weighted by molar-refractivity contribution is 0.600. The Bertz CT molecular complexity index is 534. The highest BCUT2D eigenvalue weighted by Crippen LogP contribution is 2.35. The molecule has 0 fully saturated rings. The van der Waals surface area contributed by atoms with Crippen LogP contribution in [0.5, 0.6) is 0 Å². The molecule has 19 heavy (non-hydrogen) atoms. The van der Waals surface area contributed by atoms with E-state index in [0.29, 0.717) is 6.04 Å². The van der Waals surface area contributed by atoms with Gasteiger partial charge in [-0.15, -0.1) is 11.3 Å². The molecule has 3 nitrogen and oxygen atoms in total. The van der Waals surface area contributed by atoms with E-state index >= 15 is 0 Å². The number of aryl methyl sites for hydroxylation is 3. The van der Waals surface area contributed by atoms with E-state index in [9.17, 15) is 0 Å². The molecule has 1 unspecified atom stereocenters. The molecule has 1 aliphatic rings. The molecule has 0 bridgehead atoms. The summed E-state index contributed by atoms with van der Waals surface area (Å²) < 4.78 is 2.04. The third kappa shape index (κ3) is 2.47. The average Bonchev–Trinajstić information content (AvgIpc) is 3.06. The summed E-state index contributed by atoms with van der Waals surface area (Å²) in [6.45, 7) is 3.18. The predicted molar refractivity (Wildman–Crippen MR) is 79.8 cm³/mol. The minimum atomic E-state index is 0.293. The zero-order valence-electron chi connectivity index (χ0n) is 11.6. The molecular weight excluding hydrogens is 254 g/mol. The molecule has 1 N–H and O–H groups in total. The molecule has 0 aliphatic heterocycles. The number of fused-ring (bicyclic) bond motifs is 1. The van der Waals surface area contributed by atoms with Gasteiger partial charge in [-0.05, 0) is 44.4 Å². The van der Waals surface area contributed by atoms with Crippen LogP contribution in [0.15, 0.2) is 18.5 Å². The van der Waals surface area contributed by atoms with Crippen molar-refractivity contribution in [3.8, 4) is 0 Å². The third-order valence-electron chi connectivity index (χ3n) is 3.78. The van der Waals surface area contributed by atoms with E-state index in [1.807, 2.05) is 29.3 Å². The zero-order chi connectivity index (χ0) is 13.2. The van der Waals surface area contributed by atoms with Crippen LogP contribution in [0.4, 0.5) is 0 Å². The van der Waals surface area contributed by atoms with Gasteiger partial charge in [0.05, 0.1) is 12.2 Å². The normalized spacial score (nSPS) is 15.7. The highest BCUT2D eigenvalue weighted by Gasteiger charge is 2.21. The van der Waals surface area contributed by atoms with Gasteiger partial charge in [0.25, 0.3) is 0 Å². The summed E-state index contributed by atoms with van der Waals surface area (Å²) in [6, 6.07) is 2.69. The second-order valence-corrected chi connectivity index (χ2v) is 6.38. The molecule has 3 rings (SSSR count). The van der Waals surface area contributed by atoms with Crippen LogP contribution in [0.1, 0.15) is 46.7 Å². The Kier molecular flexibility index (Phi) is 3.71. The van der Waals surface area contributed by atoms with E-state index in [1.165, 1.54) is 29.7 Å². The minimum Gasteiger partial charge on any atom is -0.309 e. The van der Waals surface area contributed by atoms with Crippen LogP contribution in [0.2, 0.25) is 0 Å². The van der Waals surface area contributed by atoms with Crippen molar-refractivity contribution in [1.82, 2.24) is 15.1 Å². The number of nitrogens with one attached hydrogen (secondary N) is 1. The van der Waals surface area contributed by atoms with Crippen molar-refractivity contribution in [1.29, 1.82) is 0 Å². The maximum Gasteiger partial charge on any atom is 0.0699 e. The molecule has 0 amide bonds. The van der Waals surface area contributed by atoms with Gasteiger partial charge < -0.3 is 5.32 Å². The highest BCUT2D eigenvalue weighted by molar-refractivity contribution is 7.12. The van der Waals surface area contributed by atoms with E-state index in [2.05, 4.69) is 29.6 Å². The maximum absolute atomic E-state index is 4.44. The van der Waals surface area contributed by atoms with Gasteiger partial charge in [-0.25, -0.2) is 0 Å². The number of hydrogen-bond donors (Lipinski definition) is 1. The smallest absolute Gasteiger partial charge is 0.0699 e. The first-order chi connectivity index (χ1) is 9.31. The quantitative estimate of drug-likeness (QED) is 0.908. The fraction of sp³-hybridized carbons (Fsp3) is 0.533. The van der Waals surface area contributed by atoms with Gasteiger partial charge in [-0.1, -0.05) is 6.92 Å². The Morgan fingerprint density at radius 1 is 1.47 bits per heavy atom. The van der Waals surface area contributed by atoms with Crippen LogP contribution in [0, 0.1) is 0 Å². The fourth-order valence-electron chi connectivity index (χ4n) is 2.85. The topological polar surface area (TPSA) is 29.9 Å². The van der Waals surface area contributed by atoms with Crippen LogP contribution >= 0.6 is 11.3 Å². The Hall–Kier alpha value is -1.13. The number of hydrogen-bond acceptors (Lipinski definition) is 3. The standard InChI is InChI=1S/C15H21N3S/c1-3-7-18-10-12(9-17-18)15(16-2)14-8-11-5-4-6-13(11)19-14/h8-10,15-16H,3-7H2,1-2H3. The van der Waals surface area contributed by atoms with Crippen LogP contribution in [0.25, 0.3) is 0 Å². The Balaban J connectivity index is 1.86. The summed E-state index contributed by atoms with van der Waals surface area (Å²) in [5, 5.41) is 7.88. The molecular formula is C15H21N3S. The number of rotatable bonds is 5. The van der Waals surface area contributed by atoms with Gasteiger partial charge in [0.1, 0.15) is 0 Å². The van der Waals surface area contributed by atoms with E-state index in [0.717, 1.165) is 13.0 Å². The van der Waals surface area contributed by atoms with Gasteiger partial charge in [-0.2, -0.15) is 5.10 Å². The monoisotopic (exact) mass is 275 g/mol. The van der Waals surface area contributed by atoms with Gasteiger partial charge in [0.15, 0.2) is 0 Å². The van der Waals surface area contributed by atoms with Crippen molar-refractivity contribution >= 4 is 11.3 Å².